The molecule has 4 fully saturated rings. The second kappa shape index (κ2) is 11.8. The molecule has 2 atom stereocenters. The first-order valence-electron chi connectivity index (χ1n) is 16.7. The highest BCUT2D eigenvalue weighted by Crippen LogP contribution is 2.59. The average molecular weight is 656 g/mol. The second-order valence-electron chi connectivity index (χ2n) is 16.0. The molecule has 4 aliphatic carbocycles. The predicted octanol–water partition coefficient (Wildman–Crippen LogP) is 8.69. The molecule has 0 aliphatic heterocycles. The van der Waals surface area contributed by atoms with Gasteiger partial charge in [0.2, 0.25) is 0 Å². The number of carboxylic acid groups (broad SMARTS) is 1. The van der Waals surface area contributed by atoms with E-state index in [9.17, 15) is 19.5 Å². The van der Waals surface area contributed by atoms with Gasteiger partial charge in [-0.2, -0.15) is 0 Å². The van der Waals surface area contributed by atoms with E-state index < -0.39 is 22.3 Å². The van der Waals surface area contributed by atoms with Gasteiger partial charge in [0.1, 0.15) is 22.2 Å². The Bertz CT molecular complexity index is 1650. The van der Waals surface area contributed by atoms with Crippen LogP contribution in [0.4, 0.5) is 0 Å². The van der Waals surface area contributed by atoms with Gasteiger partial charge in [-0.3, -0.25) is 9.59 Å². The van der Waals surface area contributed by atoms with Gasteiger partial charge in [-0.1, -0.05) is 65.8 Å². The Morgan fingerprint density at radius 3 is 1.74 bits per heavy atom. The molecule has 4 bridgehead atoms. The largest absolute Gasteiger partial charge is 0.493 e. The van der Waals surface area contributed by atoms with Gasteiger partial charge in [-0.05, 0) is 91.2 Å². The highest BCUT2D eigenvalue weighted by atomic mass is 32.2. The van der Waals surface area contributed by atoms with E-state index in [1.165, 1.54) is 24.3 Å². The third kappa shape index (κ3) is 6.01. The quantitative estimate of drug-likeness (QED) is 0.156. The van der Waals surface area contributed by atoms with Crippen molar-refractivity contribution in [1.82, 2.24) is 0 Å². The van der Waals surface area contributed by atoms with Crippen LogP contribution < -0.4 is 9.47 Å². The first-order chi connectivity index (χ1) is 22.0. The van der Waals surface area contributed by atoms with E-state index >= 15 is 0 Å². The van der Waals surface area contributed by atoms with Gasteiger partial charge in [-0.25, -0.2) is 4.79 Å². The van der Waals surface area contributed by atoms with Gasteiger partial charge in [0.15, 0.2) is 26.2 Å². The second-order valence-corrected chi connectivity index (χ2v) is 17.9. The highest BCUT2D eigenvalue weighted by molar-refractivity contribution is 7.97. The molecule has 0 aromatic heterocycles. The number of carbonyl (C=O) groups excluding carboxylic acids is 2. The summed E-state index contributed by atoms with van der Waals surface area (Å²) < 4.78 is 12.1. The third-order valence-corrected chi connectivity index (χ3v) is 13.0. The van der Waals surface area contributed by atoms with Gasteiger partial charge in [0.05, 0.1) is 18.1 Å². The maximum atomic E-state index is 14.2. The summed E-state index contributed by atoms with van der Waals surface area (Å²) in [6, 6.07) is 18.3. The zero-order valence-corrected chi connectivity index (χ0v) is 29.7. The minimum atomic E-state index is -1.08. The third-order valence-electron chi connectivity index (χ3n) is 10.6. The van der Waals surface area contributed by atoms with Gasteiger partial charge in [0, 0.05) is 17.9 Å². The van der Waals surface area contributed by atoms with Crippen LogP contribution in [0, 0.1) is 30.1 Å². The van der Waals surface area contributed by atoms with Crippen LogP contribution in [0.1, 0.15) is 101 Å². The van der Waals surface area contributed by atoms with Gasteiger partial charge in [0.25, 0.3) is 0 Å². The van der Waals surface area contributed by atoms with Gasteiger partial charge >= 0.3 is 11.9 Å². The first-order valence-corrected chi connectivity index (χ1v) is 17.9. The maximum Gasteiger partial charge on any atom is 0.341 e. The fraction of sp³-hybridized carbons (Fsp3) is 0.475. The monoisotopic (exact) mass is 655 g/mol. The van der Waals surface area contributed by atoms with Crippen LogP contribution in [0.5, 0.6) is 11.5 Å². The summed E-state index contributed by atoms with van der Waals surface area (Å²) in [4.78, 5) is 42.6. The molecular formula is C40H47O6S+. The number of carbonyl (C=O) groups is 3. The Hall–Kier alpha value is -3.58. The number of carboxylic acids is 1. The summed E-state index contributed by atoms with van der Waals surface area (Å²) in [5.41, 5.74) is 2.26. The van der Waals surface area contributed by atoms with Gasteiger partial charge in [-0.15, -0.1) is 0 Å². The number of Topliss-reactive ketones (excluding diaryl/α,β-unsaturated/α-hetero) is 1. The lowest BCUT2D eigenvalue weighted by molar-refractivity contribution is -0.167. The number of aromatic carboxylic acids is 1. The zero-order valence-electron chi connectivity index (χ0n) is 28.9. The number of rotatable bonds is 7. The van der Waals surface area contributed by atoms with Crippen molar-refractivity contribution in [2.75, 3.05) is 7.11 Å². The van der Waals surface area contributed by atoms with Crippen molar-refractivity contribution in [1.29, 1.82) is 0 Å². The molecule has 3 aromatic carbocycles. The summed E-state index contributed by atoms with van der Waals surface area (Å²) in [5, 5.41) is 10.6. The molecule has 4 saturated carbocycles. The Kier molecular flexibility index (Phi) is 8.39. The molecule has 0 radical (unpaired) electrons. The molecule has 2 unspecified atom stereocenters. The minimum absolute atomic E-state index is 0.0447. The molecule has 248 valence electrons. The standard InChI is InChI=1S/C40H46O6S/c1-23-34(46-37(44)40-20-24-17-25(21-40)33(41)26(18-24)22-40)32(45-8)19-31(36(42)43)35(23)47(29-13-9-27(10-14-29)38(2,3)4)30-15-11-28(12-16-30)39(5,6)7/h9-16,19,24-26H,17-18,20-22H2,1-8H3/p+1. The lowest BCUT2D eigenvalue weighted by Gasteiger charge is -2.53. The highest BCUT2D eigenvalue weighted by Gasteiger charge is 2.59. The normalized spacial score (nSPS) is 23.7. The smallest absolute Gasteiger partial charge is 0.341 e. The van der Waals surface area contributed by atoms with Crippen LogP contribution >= 0.6 is 0 Å². The number of hydrogen-bond donors (Lipinski definition) is 1. The average Bonchev–Trinajstić information content (AvgIpc) is 3.00. The number of ketones is 1. The minimum Gasteiger partial charge on any atom is -0.493 e. The molecule has 7 rings (SSSR count). The molecule has 4 aliphatic rings. The SMILES string of the molecule is COc1cc(C(=O)O)c([S+](c2ccc(C(C)(C)C)cc2)c2ccc(C(C)(C)C)cc2)c(C)c1OC(=O)C12CC3CC(C1)C(=O)C(C3)C2. The van der Waals surface area contributed by atoms with E-state index in [0.717, 1.165) is 29.1 Å². The van der Waals surface area contributed by atoms with E-state index in [-0.39, 0.29) is 45.7 Å². The van der Waals surface area contributed by atoms with E-state index in [0.29, 0.717) is 35.0 Å². The summed E-state index contributed by atoms with van der Waals surface area (Å²) in [6.45, 7) is 14.9. The van der Waals surface area contributed by atoms with E-state index in [2.05, 4.69) is 90.1 Å². The summed E-state index contributed by atoms with van der Waals surface area (Å²) >= 11 is 0. The van der Waals surface area contributed by atoms with Crippen molar-refractivity contribution < 1.29 is 29.0 Å². The number of hydrogen-bond acceptors (Lipinski definition) is 5. The van der Waals surface area contributed by atoms with Crippen LogP contribution in [-0.2, 0) is 31.3 Å². The Morgan fingerprint density at radius 1 is 0.830 bits per heavy atom. The lowest BCUT2D eigenvalue weighted by atomic mass is 9.49. The van der Waals surface area contributed by atoms with Crippen LogP contribution in [0.25, 0.3) is 0 Å². The molecule has 1 N–H and O–H groups in total. The van der Waals surface area contributed by atoms with Crippen molar-refractivity contribution >= 4 is 28.6 Å². The van der Waals surface area contributed by atoms with Crippen molar-refractivity contribution in [2.45, 2.75) is 106 Å². The van der Waals surface area contributed by atoms with Crippen molar-refractivity contribution in [3.8, 4) is 11.5 Å². The molecule has 0 saturated heterocycles. The first kappa shape index (κ1) is 33.3. The molecule has 7 heteroatoms. The van der Waals surface area contributed by atoms with Crippen LogP contribution in [-0.4, -0.2) is 29.9 Å². The topological polar surface area (TPSA) is 89.9 Å². The molecule has 3 aromatic rings. The van der Waals surface area contributed by atoms with Crippen LogP contribution in [0.15, 0.2) is 69.3 Å². The summed E-state index contributed by atoms with van der Waals surface area (Å²) in [5.74, 6) is -0.395. The fourth-order valence-corrected chi connectivity index (χ4v) is 10.5. The molecule has 0 heterocycles. The fourth-order valence-electron chi connectivity index (χ4n) is 8.20. The number of ether oxygens (including phenoxy) is 2. The molecule has 0 spiro atoms. The Morgan fingerprint density at radius 2 is 1.32 bits per heavy atom. The van der Waals surface area contributed by atoms with Crippen molar-refractivity contribution in [3.63, 3.8) is 0 Å². The summed E-state index contributed by atoms with van der Waals surface area (Å²) in [7, 11) is 0.618. The number of benzene rings is 3. The number of methoxy groups -OCH3 is 1. The zero-order chi connectivity index (χ0) is 34.1. The maximum absolute atomic E-state index is 14.2. The molecule has 6 nitrogen and oxygen atoms in total. The van der Waals surface area contributed by atoms with E-state index in [1.807, 2.05) is 6.92 Å². The number of esters is 1. The van der Waals surface area contributed by atoms with Crippen LogP contribution in [0.3, 0.4) is 0 Å². The molecule has 0 amide bonds. The molecular weight excluding hydrogens is 609 g/mol. The predicted molar refractivity (Wildman–Crippen MR) is 184 cm³/mol. The van der Waals surface area contributed by atoms with Crippen LogP contribution in [0.2, 0.25) is 0 Å². The van der Waals surface area contributed by atoms with Crippen molar-refractivity contribution in [3.05, 3.63) is 76.9 Å². The van der Waals surface area contributed by atoms with E-state index in [4.69, 9.17) is 9.47 Å². The van der Waals surface area contributed by atoms with Gasteiger partial charge < -0.3 is 14.6 Å². The van der Waals surface area contributed by atoms with Crippen molar-refractivity contribution in [2.24, 2.45) is 23.2 Å². The Labute approximate surface area is 281 Å². The lowest BCUT2D eigenvalue weighted by Crippen LogP contribution is -2.55. The summed E-state index contributed by atoms with van der Waals surface area (Å²) in [6.07, 6.45) is 3.54. The molecule has 47 heavy (non-hydrogen) atoms. The Balaban J connectivity index is 1.50. The van der Waals surface area contributed by atoms with E-state index in [1.54, 1.807) is 0 Å².